The minimum atomic E-state index is -0.115. The van der Waals surface area contributed by atoms with Crippen molar-refractivity contribution in [2.24, 2.45) is 5.73 Å². The van der Waals surface area contributed by atoms with Crippen molar-refractivity contribution in [1.82, 2.24) is 0 Å². The monoisotopic (exact) mass is 612 g/mol. The number of hydrogen-bond acceptors (Lipinski definition) is 4. The number of nitrogens with zero attached hydrogens (tertiary/aromatic N) is 1. The van der Waals surface area contributed by atoms with Gasteiger partial charge in [0.25, 0.3) is 0 Å². The third-order valence-corrected chi connectivity index (χ3v) is 6.35. The van der Waals surface area contributed by atoms with E-state index in [1.807, 2.05) is 37.5 Å². The second-order valence-electron chi connectivity index (χ2n) is 7.56. The summed E-state index contributed by atoms with van der Waals surface area (Å²) in [4.78, 5) is 0. The minimum absolute atomic E-state index is 0.0297. The van der Waals surface area contributed by atoms with E-state index >= 15 is 0 Å². The van der Waals surface area contributed by atoms with Crippen LogP contribution in [0.25, 0.3) is 21.9 Å². The lowest BCUT2D eigenvalue weighted by atomic mass is 9.85. The van der Waals surface area contributed by atoms with E-state index in [9.17, 15) is 0 Å². The molecule has 0 aliphatic rings. The van der Waals surface area contributed by atoms with Crippen LogP contribution >= 0.6 is 45.2 Å². The zero-order valence-corrected chi connectivity index (χ0v) is 20.8. The number of furan rings is 2. The number of nitrogens with two attached hydrogens (primary N) is 1. The van der Waals surface area contributed by atoms with E-state index in [1.165, 1.54) is 14.5 Å². The number of fused-ring (bicyclic) bond motifs is 2. The van der Waals surface area contributed by atoms with E-state index in [0.717, 1.165) is 25.7 Å². The van der Waals surface area contributed by atoms with Gasteiger partial charge in [-0.15, -0.1) is 0 Å². The zero-order valence-electron chi connectivity index (χ0n) is 16.5. The number of halogens is 2. The summed E-state index contributed by atoms with van der Waals surface area (Å²) in [5, 5.41) is 11.0. The first-order valence-electron chi connectivity index (χ1n) is 9.20. The van der Waals surface area contributed by atoms with Crippen LogP contribution in [-0.2, 0) is 5.41 Å². The Morgan fingerprint density at radius 1 is 1.00 bits per heavy atom. The molecule has 0 bridgehead atoms. The molecule has 0 aliphatic heterocycles. The van der Waals surface area contributed by atoms with E-state index in [2.05, 4.69) is 77.2 Å². The summed E-state index contributed by atoms with van der Waals surface area (Å²) in [7, 11) is 0. The Morgan fingerprint density at radius 2 is 1.55 bits per heavy atom. The maximum absolute atomic E-state index is 8.83. The van der Waals surface area contributed by atoms with Crippen LogP contribution in [0.5, 0.6) is 0 Å². The smallest absolute Gasteiger partial charge is 0.135 e. The number of nitriles is 1. The molecule has 6 heteroatoms. The molecule has 2 aromatic heterocycles. The van der Waals surface area contributed by atoms with Crippen molar-refractivity contribution in [3.8, 4) is 6.07 Å². The predicted octanol–water partition coefficient (Wildman–Crippen LogP) is 6.94. The Kier molecular flexibility index (Phi) is 6.91. The second kappa shape index (κ2) is 9.06. The highest BCUT2D eigenvalue weighted by Crippen LogP contribution is 2.32. The molecule has 0 aliphatic carbocycles. The number of hydrogen-bond donors (Lipinski definition) is 1. The van der Waals surface area contributed by atoms with Gasteiger partial charge in [-0.3, -0.25) is 0 Å². The van der Waals surface area contributed by atoms with Gasteiger partial charge in [0.2, 0.25) is 0 Å². The zero-order chi connectivity index (χ0) is 21.2. The largest absolute Gasteiger partial charge is 0.464 e. The molecule has 2 aromatic carbocycles. The SMILES string of the molecule is CC(C#N)c1coc2cc(I)ccc12.CC(C)(CN)c1coc2cc(I)ccc12. The van der Waals surface area contributed by atoms with E-state index < -0.39 is 0 Å². The normalized spacial score (nSPS) is 12.4. The first-order valence-corrected chi connectivity index (χ1v) is 11.4. The standard InChI is InChI=1S/C12H14INO.C11H8INO/c1-12(2,7-14)10-6-15-11-5-8(13)3-4-9(10)11;1-7(5-13)10-6-14-11-4-8(12)2-3-9(10)11/h3-6H,7,14H2,1-2H3;2-4,6-7H,1H3. The van der Waals surface area contributed by atoms with Gasteiger partial charge in [0.1, 0.15) is 11.2 Å². The maximum Gasteiger partial charge on any atom is 0.135 e. The van der Waals surface area contributed by atoms with Crippen LogP contribution in [0, 0.1) is 18.5 Å². The first-order chi connectivity index (χ1) is 13.8. The van der Waals surface area contributed by atoms with Gasteiger partial charge < -0.3 is 14.6 Å². The molecule has 0 spiro atoms. The van der Waals surface area contributed by atoms with Crippen LogP contribution in [-0.4, -0.2) is 6.54 Å². The molecule has 29 heavy (non-hydrogen) atoms. The Labute approximate surface area is 197 Å². The number of rotatable bonds is 3. The van der Waals surface area contributed by atoms with Gasteiger partial charge in [0.15, 0.2) is 0 Å². The maximum atomic E-state index is 8.83. The summed E-state index contributed by atoms with van der Waals surface area (Å²) in [6.45, 7) is 6.76. The lowest BCUT2D eigenvalue weighted by molar-refractivity contribution is 0.523. The minimum Gasteiger partial charge on any atom is -0.464 e. The fraction of sp³-hybridized carbons (Fsp3) is 0.261. The molecule has 1 unspecified atom stereocenters. The third-order valence-electron chi connectivity index (χ3n) is 5.00. The molecule has 0 radical (unpaired) electrons. The molecule has 2 N–H and O–H groups in total. The first kappa shape index (κ1) is 22.1. The highest BCUT2D eigenvalue weighted by Gasteiger charge is 2.23. The Bertz CT molecular complexity index is 1180. The lowest BCUT2D eigenvalue weighted by Crippen LogP contribution is -2.27. The fourth-order valence-corrected chi connectivity index (χ4v) is 3.99. The molecule has 150 valence electrons. The summed E-state index contributed by atoms with van der Waals surface area (Å²) in [5.41, 5.74) is 9.71. The molecule has 4 nitrogen and oxygen atoms in total. The highest BCUT2D eigenvalue weighted by molar-refractivity contribution is 14.1. The lowest BCUT2D eigenvalue weighted by Gasteiger charge is -2.20. The molecule has 0 amide bonds. The topological polar surface area (TPSA) is 76.1 Å². The molecular formula is C23H22I2N2O2. The quantitative estimate of drug-likeness (QED) is 0.255. The Balaban J connectivity index is 0.000000166. The van der Waals surface area contributed by atoms with E-state index in [0.29, 0.717) is 6.54 Å². The van der Waals surface area contributed by atoms with Gasteiger partial charge in [-0.1, -0.05) is 13.8 Å². The summed E-state index contributed by atoms with van der Waals surface area (Å²) < 4.78 is 13.3. The fourth-order valence-electron chi connectivity index (χ4n) is 3.06. The molecule has 1 atom stereocenters. The highest BCUT2D eigenvalue weighted by atomic mass is 127. The number of benzene rings is 2. The molecule has 0 saturated carbocycles. The molecule has 2 heterocycles. The van der Waals surface area contributed by atoms with Gasteiger partial charge in [0.05, 0.1) is 24.5 Å². The van der Waals surface area contributed by atoms with Crippen molar-refractivity contribution < 1.29 is 8.83 Å². The van der Waals surface area contributed by atoms with Gasteiger partial charge in [-0.25, -0.2) is 0 Å². The van der Waals surface area contributed by atoms with Gasteiger partial charge in [0, 0.05) is 41.0 Å². The van der Waals surface area contributed by atoms with Gasteiger partial charge in [-0.2, -0.15) is 5.26 Å². The summed E-state index contributed by atoms with van der Waals surface area (Å²) in [6.07, 6.45) is 3.50. The summed E-state index contributed by atoms with van der Waals surface area (Å²) >= 11 is 4.52. The Hall–Kier alpha value is -1.57. The average Bonchev–Trinajstić information content (AvgIpc) is 3.31. The van der Waals surface area contributed by atoms with Crippen LogP contribution in [0.3, 0.4) is 0 Å². The molecule has 0 fully saturated rings. The van der Waals surface area contributed by atoms with Crippen molar-refractivity contribution in [3.05, 3.63) is 67.2 Å². The van der Waals surface area contributed by atoms with E-state index in [-0.39, 0.29) is 11.3 Å². The van der Waals surface area contributed by atoms with E-state index in [1.54, 1.807) is 6.26 Å². The molecule has 4 rings (SSSR count). The summed E-state index contributed by atoms with van der Waals surface area (Å²) in [5.74, 6) is -0.115. The van der Waals surface area contributed by atoms with Gasteiger partial charge >= 0.3 is 0 Å². The van der Waals surface area contributed by atoms with Crippen LogP contribution < -0.4 is 5.73 Å². The van der Waals surface area contributed by atoms with Crippen molar-refractivity contribution in [2.45, 2.75) is 32.1 Å². The van der Waals surface area contributed by atoms with Crippen molar-refractivity contribution in [1.29, 1.82) is 5.26 Å². The van der Waals surface area contributed by atoms with Crippen LogP contribution in [0.4, 0.5) is 0 Å². The predicted molar refractivity (Wildman–Crippen MR) is 134 cm³/mol. The third kappa shape index (κ3) is 4.78. The van der Waals surface area contributed by atoms with Gasteiger partial charge in [-0.05, 0) is 88.5 Å². The van der Waals surface area contributed by atoms with Crippen molar-refractivity contribution in [2.75, 3.05) is 6.54 Å². The Morgan fingerprint density at radius 3 is 2.14 bits per heavy atom. The molecular weight excluding hydrogens is 590 g/mol. The average molecular weight is 612 g/mol. The molecule has 4 aromatic rings. The molecule has 0 saturated heterocycles. The van der Waals surface area contributed by atoms with Crippen LogP contribution in [0.15, 0.2) is 57.8 Å². The van der Waals surface area contributed by atoms with E-state index in [4.69, 9.17) is 19.8 Å². The van der Waals surface area contributed by atoms with Crippen molar-refractivity contribution >= 4 is 67.1 Å². The van der Waals surface area contributed by atoms with Crippen LogP contribution in [0.2, 0.25) is 0 Å². The van der Waals surface area contributed by atoms with Crippen LogP contribution in [0.1, 0.15) is 37.8 Å². The second-order valence-corrected chi connectivity index (χ2v) is 10.1. The van der Waals surface area contributed by atoms with Crippen molar-refractivity contribution in [3.63, 3.8) is 0 Å². The summed E-state index contributed by atoms with van der Waals surface area (Å²) in [6, 6.07) is 14.5.